The van der Waals surface area contributed by atoms with Crippen LogP contribution in [0.4, 0.5) is 0 Å². The van der Waals surface area contributed by atoms with Crippen molar-refractivity contribution in [3.63, 3.8) is 0 Å². The molecule has 0 unspecified atom stereocenters. The van der Waals surface area contributed by atoms with E-state index in [1.165, 1.54) is 57.8 Å². The van der Waals surface area contributed by atoms with Crippen LogP contribution in [0.25, 0.3) is 0 Å². The molecule has 35 heavy (non-hydrogen) atoms. The van der Waals surface area contributed by atoms with Crippen molar-refractivity contribution in [1.29, 1.82) is 0 Å². The molecule has 0 heterocycles. The van der Waals surface area contributed by atoms with Crippen molar-refractivity contribution in [2.45, 2.75) is 109 Å². The molecule has 1 rings (SSSR count). The summed E-state index contributed by atoms with van der Waals surface area (Å²) in [4.78, 5) is 39.8. The molecular weight excluding hydrogens is 485 g/mol. The molecule has 0 radical (unpaired) electrons. The monoisotopic (exact) mass is 531 g/mol. The first-order chi connectivity index (χ1) is 16.8. The van der Waals surface area contributed by atoms with Crippen LogP contribution >= 0.6 is 19.8 Å². The third-order valence-electron chi connectivity index (χ3n) is 5.90. The van der Waals surface area contributed by atoms with Gasteiger partial charge < -0.3 is 0 Å². The fourth-order valence-corrected chi connectivity index (χ4v) is 4.48. The van der Waals surface area contributed by atoms with E-state index in [-0.39, 0.29) is 12.5 Å². The number of benzene rings is 1. The summed E-state index contributed by atoms with van der Waals surface area (Å²) in [6, 6.07) is 6.71. The zero-order valence-electron chi connectivity index (χ0n) is 21.4. The van der Waals surface area contributed by atoms with Crippen LogP contribution in [0.2, 0.25) is 5.02 Å². The van der Waals surface area contributed by atoms with Crippen molar-refractivity contribution in [1.82, 2.24) is 5.32 Å². The molecule has 0 saturated carbocycles. The molecule has 0 fully saturated rings. The Hall–Kier alpha value is -1.01. The summed E-state index contributed by atoms with van der Waals surface area (Å²) < 4.78 is 4.78. The molecule has 1 aromatic carbocycles. The van der Waals surface area contributed by atoms with Gasteiger partial charge in [0.1, 0.15) is 0 Å². The van der Waals surface area contributed by atoms with Crippen LogP contribution in [0, 0.1) is 0 Å². The van der Waals surface area contributed by atoms with Gasteiger partial charge in [0, 0.05) is 0 Å². The fraction of sp³-hybridized carbons (Fsp3) is 0.667. The molecule has 1 aromatic rings. The van der Waals surface area contributed by atoms with Crippen LogP contribution in [-0.4, -0.2) is 33.2 Å². The number of halogens is 1. The van der Waals surface area contributed by atoms with Gasteiger partial charge in [-0.3, -0.25) is 0 Å². The average Bonchev–Trinajstić information content (AvgIpc) is 2.81. The van der Waals surface area contributed by atoms with Gasteiger partial charge in [-0.1, -0.05) is 51.2 Å². The number of amides is 1. The van der Waals surface area contributed by atoms with E-state index in [1.807, 2.05) is 12.1 Å². The van der Waals surface area contributed by atoms with Crippen molar-refractivity contribution in [3.8, 4) is 0 Å². The fourth-order valence-electron chi connectivity index (χ4n) is 3.93. The van der Waals surface area contributed by atoms with E-state index in [2.05, 4.69) is 24.4 Å². The first-order valence-electron chi connectivity index (χ1n) is 13.3. The van der Waals surface area contributed by atoms with E-state index in [1.54, 1.807) is 12.1 Å². The van der Waals surface area contributed by atoms with Gasteiger partial charge in [0.25, 0.3) is 0 Å². The summed E-state index contributed by atoms with van der Waals surface area (Å²) in [5, 5.41) is 3.50. The second-order valence-corrected chi connectivity index (χ2v) is 11.2. The van der Waals surface area contributed by atoms with Gasteiger partial charge in [-0.15, -0.1) is 0 Å². The van der Waals surface area contributed by atoms with Gasteiger partial charge in [-0.25, -0.2) is 0 Å². The molecule has 0 aliphatic heterocycles. The number of nitrogens with one attached hydrogen (secondary N) is 1. The third kappa shape index (κ3) is 19.8. The number of unbranched alkanes of at least 4 members (excludes halogenated alkanes) is 11. The Bertz CT molecular complexity index is 694. The quantitative estimate of drug-likeness (QED) is 0.0793. The van der Waals surface area contributed by atoms with Gasteiger partial charge in [0.15, 0.2) is 0 Å². The Balaban J connectivity index is 2.15. The molecule has 0 aliphatic carbocycles. The summed E-state index contributed by atoms with van der Waals surface area (Å²) in [5.41, 5.74) is 0.922. The van der Waals surface area contributed by atoms with Gasteiger partial charge in [-0.2, -0.15) is 0 Å². The van der Waals surface area contributed by atoms with Crippen molar-refractivity contribution in [3.05, 3.63) is 47.0 Å². The van der Waals surface area contributed by atoms with Crippen LogP contribution in [0.3, 0.4) is 0 Å². The molecule has 6 nitrogen and oxygen atoms in total. The molecule has 8 heteroatoms. The van der Waals surface area contributed by atoms with E-state index in [0.29, 0.717) is 17.9 Å². The Kier molecular flexibility index (Phi) is 18.4. The standard InChI is InChI=1S/C27H47ClNO5P/c1-2-3-4-5-6-7-8-9-10-11-12-13-14-15-16-17-27(30)29-26(23-34-35(31,32)33)22-24-18-20-25(28)21-19-24/h9-10,18-21,26,31-33,35H,2-8,11-17,22-23H2,1H3,(H,29,30)/b10-9-/t26-/m0/s1. The molecule has 0 aliphatic rings. The average molecular weight is 532 g/mol. The molecule has 1 atom stereocenters. The minimum atomic E-state index is -4.64. The predicted octanol–water partition coefficient (Wildman–Crippen LogP) is 6.81. The second kappa shape index (κ2) is 20.1. The topological polar surface area (TPSA) is 99.0 Å². The molecular formula is C27H47ClNO5P. The summed E-state index contributed by atoms with van der Waals surface area (Å²) in [7, 11) is -4.64. The Labute approximate surface area is 217 Å². The van der Waals surface area contributed by atoms with Crippen molar-refractivity contribution >= 4 is 25.7 Å². The number of allylic oxidation sites excluding steroid dienone is 2. The zero-order valence-corrected chi connectivity index (χ0v) is 23.1. The molecule has 0 aromatic heterocycles. The molecule has 1 amide bonds. The number of carbonyl (C=O) groups excluding carboxylic acids is 1. The van der Waals surface area contributed by atoms with E-state index < -0.39 is 14.2 Å². The van der Waals surface area contributed by atoms with Gasteiger partial charge >= 0.3 is 154 Å². The van der Waals surface area contributed by atoms with E-state index in [9.17, 15) is 4.79 Å². The Morgan fingerprint density at radius 3 is 2.03 bits per heavy atom. The SMILES string of the molecule is CCCCCCCC/C=C\CCCCCCCC(=O)N[C@H](CO[PH](O)(O)O)Cc1ccc(Cl)cc1. The van der Waals surface area contributed by atoms with Crippen LogP contribution in [0.1, 0.15) is 102 Å². The Morgan fingerprint density at radius 1 is 0.914 bits per heavy atom. The van der Waals surface area contributed by atoms with Crippen LogP contribution in [0.15, 0.2) is 36.4 Å². The number of hydrogen-bond donors (Lipinski definition) is 4. The number of hydrogen-bond acceptors (Lipinski definition) is 5. The normalized spacial score (nSPS) is 13.3. The van der Waals surface area contributed by atoms with Gasteiger partial charge in [0.2, 0.25) is 0 Å². The summed E-state index contributed by atoms with van der Waals surface area (Å²) in [6.07, 6.45) is 21.2. The second-order valence-electron chi connectivity index (χ2n) is 9.31. The molecule has 4 N–H and O–H groups in total. The maximum absolute atomic E-state index is 12.4. The number of carbonyl (C=O) groups is 1. The first kappa shape index (κ1) is 32.0. The summed E-state index contributed by atoms with van der Waals surface area (Å²) in [6.45, 7) is 2.07. The molecule has 0 saturated heterocycles. The minimum absolute atomic E-state index is 0.105. The van der Waals surface area contributed by atoms with E-state index >= 15 is 0 Å². The molecule has 202 valence electrons. The van der Waals surface area contributed by atoms with Crippen LogP contribution in [-0.2, 0) is 15.7 Å². The van der Waals surface area contributed by atoms with Crippen molar-refractivity contribution in [2.75, 3.05) is 6.61 Å². The van der Waals surface area contributed by atoms with E-state index in [4.69, 9.17) is 30.8 Å². The Morgan fingerprint density at radius 2 is 1.46 bits per heavy atom. The summed E-state index contributed by atoms with van der Waals surface area (Å²) >= 11 is 5.92. The molecule has 0 bridgehead atoms. The summed E-state index contributed by atoms with van der Waals surface area (Å²) in [5.74, 6) is -0.105. The van der Waals surface area contributed by atoms with E-state index in [0.717, 1.165) is 31.2 Å². The van der Waals surface area contributed by atoms with Crippen molar-refractivity contribution in [2.24, 2.45) is 0 Å². The number of rotatable bonds is 21. The predicted molar refractivity (Wildman–Crippen MR) is 147 cm³/mol. The van der Waals surface area contributed by atoms with Crippen LogP contribution in [0.5, 0.6) is 0 Å². The first-order valence-corrected chi connectivity index (χ1v) is 15.4. The maximum atomic E-state index is 12.4. The van der Waals surface area contributed by atoms with Crippen LogP contribution < -0.4 is 5.32 Å². The third-order valence-corrected chi connectivity index (χ3v) is 6.71. The van der Waals surface area contributed by atoms with Gasteiger partial charge in [0.05, 0.1) is 0 Å². The van der Waals surface area contributed by atoms with Gasteiger partial charge in [-0.05, 0) is 12.8 Å². The van der Waals surface area contributed by atoms with Crippen molar-refractivity contribution < 1.29 is 24.0 Å². The zero-order chi connectivity index (χ0) is 25.8. The molecule has 0 spiro atoms.